The van der Waals surface area contributed by atoms with Crippen LogP contribution in [0.4, 0.5) is 0 Å². The smallest absolute Gasteiger partial charge is 0.225 e. The molecule has 1 aromatic heterocycles. The SMILES string of the molecule is CCNC(=NCCc1ccc(Br)s1)NC1CCN(C(=O)C2CCCC2)C1.I. The Hall–Kier alpha value is -0.350. The molecule has 5 nitrogen and oxygen atoms in total. The van der Waals surface area contributed by atoms with E-state index in [9.17, 15) is 4.79 Å². The van der Waals surface area contributed by atoms with Crippen LogP contribution in [0.5, 0.6) is 0 Å². The maximum Gasteiger partial charge on any atom is 0.225 e. The third-order valence-electron chi connectivity index (χ3n) is 5.15. The summed E-state index contributed by atoms with van der Waals surface area (Å²) in [5.41, 5.74) is 0. The van der Waals surface area contributed by atoms with Gasteiger partial charge in [-0.3, -0.25) is 9.79 Å². The van der Waals surface area contributed by atoms with Crippen LogP contribution in [-0.4, -0.2) is 49.0 Å². The van der Waals surface area contributed by atoms with Gasteiger partial charge in [-0.05, 0) is 54.2 Å². The van der Waals surface area contributed by atoms with Crippen molar-refractivity contribution in [2.75, 3.05) is 26.2 Å². The van der Waals surface area contributed by atoms with Crippen molar-refractivity contribution in [2.24, 2.45) is 10.9 Å². The Morgan fingerprint density at radius 3 is 2.78 bits per heavy atom. The molecule has 1 aliphatic heterocycles. The second kappa shape index (κ2) is 11.6. The van der Waals surface area contributed by atoms with Crippen molar-refractivity contribution in [1.29, 1.82) is 0 Å². The summed E-state index contributed by atoms with van der Waals surface area (Å²) in [7, 11) is 0. The van der Waals surface area contributed by atoms with Gasteiger partial charge in [0.15, 0.2) is 5.96 Å². The molecule has 1 saturated heterocycles. The van der Waals surface area contributed by atoms with Gasteiger partial charge in [0.05, 0.1) is 3.79 Å². The highest BCUT2D eigenvalue weighted by Gasteiger charge is 2.32. The van der Waals surface area contributed by atoms with E-state index in [2.05, 4.69) is 50.5 Å². The number of nitrogens with zero attached hydrogens (tertiary/aromatic N) is 2. The molecule has 1 aromatic rings. The van der Waals surface area contributed by atoms with Gasteiger partial charge in [-0.2, -0.15) is 0 Å². The molecule has 0 radical (unpaired) electrons. The molecule has 1 saturated carbocycles. The molecule has 1 unspecified atom stereocenters. The molecule has 152 valence electrons. The third kappa shape index (κ3) is 6.88. The highest BCUT2D eigenvalue weighted by Crippen LogP contribution is 2.28. The highest BCUT2D eigenvalue weighted by atomic mass is 127. The number of amides is 1. The molecule has 0 aromatic carbocycles. The molecule has 27 heavy (non-hydrogen) atoms. The number of carbonyl (C=O) groups is 1. The summed E-state index contributed by atoms with van der Waals surface area (Å²) < 4.78 is 1.17. The third-order valence-corrected chi connectivity index (χ3v) is 6.83. The first-order valence-electron chi connectivity index (χ1n) is 9.73. The molecule has 1 aliphatic carbocycles. The second-order valence-corrected chi connectivity index (χ2v) is 9.66. The van der Waals surface area contributed by atoms with Gasteiger partial charge in [-0.1, -0.05) is 12.8 Å². The number of aliphatic imine (C=N–C) groups is 1. The lowest BCUT2D eigenvalue weighted by atomic mass is 10.1. The minimum atomic E-state index is 0. The van der Waals surface area contributed by atoms with Crippen LogP contribution >= 0.6 is 51.2 Å². The van der Waals surface area contributed by atoms with Gasteiger partial charge < -0.3 is 15.5 Å². The van der Waals surface area contributed by atoms with Crippen LogP contribution in [-0.2, 0) is 11.2 Å². The zero-order valence-corrected chi connectivity index (χ0v) is 20.6. The normalized spacial score (nSPS) is 20.6. The number of hydrogen-bond donors (Lipinski definition) is 2. The first-order chi connectivity index (χ1) is 12.7. The van der Waals surface area contributed by atoms with Crippen LogP contribution in [0.25, 0.3) is 0 Å². The summed E-state index contributed by atoms with van der Waals surface area (Å²) in [5, 5.41) is 6.85. The largest absolute Gasteiger partial charge is 0.357 e. The zero-order chi connectivity index (χ0) is 18.4. The molecular weight excluding hydrogens is 539 g/mol. The summed E-state index contributed by atoms with van der Waals surface area (Å²) >= 11 is 5.27. The molecule has 0 bridgehead atoms. The number of likely N-dealkylation sites (tertiary alicyclic amines) is 1. The quantitative estimate of drug-likeness (QED) is 0.310. The summed E-state index contributed by atoms with van der Waals surface area (Å²) in [4.78, 5) is 20.7. The Morgan fingerprint density at radius 1 is 1.33 bits per heavy atom. The summed E-state index contributed by atoms with van der Waals surface area (Å²) in [5.74, 6) is 1.51. The fourth-order valence-corrected chi connectivity index (χ4v) is 5.26. The molecule has 2 N–H and O–H groups in total. The van der Waals surface area contributed by atoms with Crippen molar-refractivity contribution in [1.82, 2.24) is 15.5 Å². The number of guanidine groups is 1. The van der Waals surface area contributed by atoms with E-state index in [0.29, 0.717) is 11.9 Å². The molecule has 2 heterocycles. The van der Waals surface area contributed by atoms with Gasteiger partial charge in [-0.15, -0.1) is 35.3 Å². The van der Waals surface area contributed by atoms with E-state index < -0.39 is 0 Å². The molecule has 3 rings (SSSR count). The van der Waals surface area contributed by atoms with Crippen molar-refractivity contribution in [2.45, 2.75) is 51.5 Å². The molecule has 2 fully saturated rings. The van der Waals surface area contributed by atoms with Crippen LogP contribution in [0.15, 0.2) is 20.9 Å². The summed E-state index contributed by atoms with van der Waals surface area (Å²) in [6.07, 6.45) is 6.53. The van der Waals surface area contributed by atoms with E-state index in [1.807, 2.05) is 0 Å². The van der Waals surface area contributed by atoms with Crippen molar-refractivity contribution < 1.29 is 4.79 Å². The van der Waals surface area contributed by atoms with E-state index >= 15 is 0 Å². The predicted octanol–water partition coefficient (Wildman–Crippen LogP) is 4.02. The van der Waals surface area contributed by atoms with E-state index in [1.54, 1.807) is 11.3 Å². The van der Waals surface area contributed by atoms with E-state index in [0.717, 1.165) is 57.8 Å². The minimum absolute atomic E-state index is 0. The Morgan fingerprint density at radius 2 is 2.11 bits per heavy atom. The summed E-state index contributed by atoms with van der Waals surface area (Å²) in [6.45, 7) is 5.36. The zero-order valence-electron chi connectivity index (χ0n) is 15.9. The van der Waals surface area contributed by atoms with Gasteiger partial charge in [-0.25, -0.2) is 0 Å². The van der Waals surface area contributed by atoms with Crippen LogP contribution in [0, 0.1) is 5.92 Å². The van der Waals surface area contributed by atoms with Gasteiger partial charge in [0.1, 0.15) is 0 Å². The monoisotopic (exact) mass is 568 g/mol. The van der Waals surface area contributed by atoms with Crippen molar-refractivity contribution in [3.8, 4) is 0 Å². The lowest BCUT2D eigenvalue weighted by Crippen LogP contribution is -2.45. The number of rotatable bonds is 6. The Balaban J connectivity index is 0.00000261. The van der Waals surface area contributed by atoms with Crippen molar-refractivity contribution >= 4 is 63.1 Å². The van der Waals surface area contributed by atoms with Gasteiger partial charge >= 0.3 is 0 Å². The lowest BCUT2D eigenvalue weighted by Gasteiger charge is -2.21. The molecule has 2 aliphatic rings. The van der Waals surface area contributed by atoms with Gasteiger partial charge in [0.2, 0.25) is 5.91 Å². The average Bonchev–Trinajstić information content (AvgIpc) is 3.36. The van der Waals surface area contributed by atoms with E-state index in [1.165, 1.54) is 21.5 Å². The number of nitrogens with one attached hydrogen (secondary N) is 2. The Bertz CT molecular complexity index is 633. The standard InChI is InChI=1S/C19H29BrN4OS.HI/c1-2-21-19(22-11-9-16-7-8-17(20)26-16)23-15-10-12-24(13-15)18(25)14-5-3-4-6-14;/h7-8,14-15H,2-6,9-13H2,1H3,(H2,21,22,23);1H. The van der Waals surface area contributed by atoms with Gasteiger partial charge in [0, 0.05) is 49.4 Å². The first kappa shape index (κ1) is 22.9. The number of thiophene rings is 1. The molecule has 0 spiro atoms. The maximum absolute atomic E-state index is 12.6. The Kier molecular flexibility index (Phi) is 9.86. The predicted molar refractivity (Wildman–Crippen MR) is 127 cm³/mol. The lowest BCUT2D eigenvalue weighted by molar-refractivity contribution is -0.134. The van der Waals surface area contributed by atoms with Crippen molar-refractivity contribution in [3.05, 3.63) is 20.8 Å². The fraction of sp³-hybridized carbons (Fsp3) is 0.684. The molecule has 1 amide bonds. The molecular formula is C19H30BrIN4OS. The number of carbonyl (C=O) groups excluding carboxylic acids is 1. The maximum atomic E-state index is 12.6. The minimum Gasteiger partial charge on any atom is -0.357 e. The Labute approximate surface area is 191 Å². The van der Waals surface area contributed by atoms with Crippen LogP contribution in [0.1, 0.15) is 43.9 Å². The summed E-state index contributed by atoms with van der Waals surface area (Å²) in [6, 6.07) is 4.53. The highest BCUT2D eigenvalue weighted by molar-refractivity contribution is 14.0. The topological polar surface area (TPSA) is 56.7 Å². The van der Waals surface area contributed by atoms with Crippen LogP contribution in [0.3, 0.4) is 0 Å². The van der Waals surface area contributed by atoms with E-state index in [-0.39, 0.29) is 29.9 Å². The van der Waals surface area contributed by atoms with Crippen LogP contribution in [0.2, 0.25) is 0 Å². The van der Waals surface area contributed by atoms with Crippen molar-refractivity contribution in [3.63, 3.8) is 0 Å². The second-order valence-electron chi connectivity index (χ2n) is 7.11. The fourth-order valence-electron chi connectivity index (χ4n) is 3.79. The molecule has 8 heteroatoms. The first-order valence-corrected chi connectivity index (χ1v) is 11.3. The van der Waals surface area contributed by atoms with Gasteiger partial charge in [0.25, 0.3) is 0 Å². The number of hydrogen-bond acceptors (Lipinski definition) is 3. The van der Waals surface area contributed by atoms with Crippen LogP contribution < -0.4 is 10.6 Å². The average molecular weight is 569 g/mol. The van der Waals surface area contributed by atoms with E-state index in [4.69, 9.17) is 4.99 Å². The number of halogens is 2. The molecule has 1 atom stereocenters.